The number of nitrogens with one attached hydrogen (secondary N) is 1. The Morgan fingerprint density at radius 3 is 2.50 bits per heavy atom. The number of hydrogen-bond donors (Lipinski definition) is 2. The predicted molar refractivity (Wildman–Crippen MR) is 51.9 cm³/mol. The van der Waals surface area contributed by atoms with Crippen LogP contribution in [0.25, 0.3) is 0 Å². The van der Waals surface area contributed by atoms with E-state index in [1.54, 1.807) is 6.92 Å². The predicted octanol–water partition coefficient (Wildman–Crippen LogP) is 1.66. The molecule has 0 aromatic heterocycles. The minimum absolute atomic E-state index is 0. The fourth-order valence-electron chi connectivity index (χ4n) is 0.781. The summed E-state index contributed by atoms with van der Waals surface area (Å²) in [4.78, 5) is 10.3. The summed E-state index contributed by atoms with van der Waals surface area (Å²) in [6, 6.07) is -0.410. The smallest absolute Gasteiger partial charge is 0.320 e. The highest BCUT2D eigenvalue weighted by atomic mass is 35.5. The first-order chi connectivity index (χ1) is 5.18. The van der Waals surface area contributed by atoms with Gasteiger partial charge in [0.05, 0.1) is 0 Å². The number of halogens is 1. The van der Waals surface area contributed by atoms with E-state index in [0.717, 1.165) is 13.0 Å². The largest absolute Gasteiger partial charge is 0.480 e. The normalized spacial score (nSPS) is 11.8. The van der Waals surface area contributed by atoms with Crippen LogP contribution in [0.4, 0.5) is 0 Å². The van der Waals surface area contributed by atoms with E-state index in [0.29, 0.717) is 0 Å². The van der Waals surface area contributed by atoms with Gasteiger partial charge in [-0.15, -0.1) is 12.4 Å². The highest BCUT2D eigenvalue weighted by Gasteiger charge is 2.07. The maximum absolute atomic E-state index is 10.3. The van der Waals surface area contributed by atoms with Gasteiger partial charge in [-0.3, -0.25) is 4.79 Å². The zero-order chi connectivity index (χ0) is 8.69. The molecule has 0 aliphatic rings. The van der Waals surface area contributed by atoms with Gasteiger partial charge in [0.25, 0.3) is 0 Å². The second kappa shape index (κ2) is 8.81. The van der Waals surface area contributed by atoms with Crippen molar-refractivity contribution >= 4 is 18.4 Å². The minimum atomic E-state index is -0.776. The maximum Gasteiger partial charge on any atom is 0.320 e. The van der Waals surface area contributed by atoms with Gasteiger partial charge in [-0.25, -0.2) is 0 Å². The van der Waals surface area contributed by atoms with Crippen LogP contribution in [0.3, 0.4) is 0 Å². The number of rotatable bonds is 6. The third-order valence-electron chi connectivity index (χ3n) is 1.60. The number of carboxylic acids is 1. The van der Waals surface area contributed by atoms with Crippen LogP contribution < -0.4 is 5.32 Å². The van der Waals surface area contributed by atoms with E-state index < -0.39 is 12.0 Å². The van der Waals surface area contributed by atoms with Gasteiger partial charge in [-0.1, -0.05) is 19.8 Å². The van der Waals surface area contributed by atoms with Crippen molar-refractivity contribution in [2.45, 2.75) is 39.2 Å². The van der Waals surface area contributed by atoms with E-state index in [1.807, 2.05) is 0 Å². The fraction of sp³-hybridized carbons (Fsp3) is 0.875. The van der Waals surface area contributed by atoms with Gasteiger partial charge in [-0.05, 0) is 19.9 Å². The molecular formula is C8H18ClNO2. The fourth-order valence-corrected chi connectivity index (χ4v) is 0.781. The van der Waals surface area contributed by atoms with Crippen molar-refractivity contribution < 1.29 is 9.90 Å². The van der Waals surface area contributed by atoms with Crippen molar-refractivity contribution in [2.75, 3.05) is 6.54 Å². The molecule has 0 aromatic carbocycles. The number of carbonyl (C=O) groups is 1. The molecule has 0 rings (SSSR count). The molecule has 0 heterocycles. The Labute approximate surface area is 80.0 Å². The molecule has 74 valence electrons. The number of unbranched alkanes of at least 4 members (excludes halogenated alkanes) is 2. The maximum atomic E-state index is 10.3. The highest BCUT2D eigenvalue weighted by Crippen LogP contribution is 1.92. The number of hydrogen-bond acceptors (Lipinski definition) is 2. The van der Waals surface area contributed by atoms with Gasteiger partial charge in [0.15, 0.2) is 0 Å². The third kappa shape index (κ3) is 7.82. The SMILES string of the molecule is CCCCCNC(C)C(=O)O.Cl. The average Bonchev–Trinajstić information content (AvgIpc) is 1.97. The molecule has 0 aliphatic carbocycles. The Bertz CT molecular complexity index is 120. The molecule has 0 aliphatic heterocycles. The summed E-state index contributed by atoms with van der Waals surface area (Å²) in [7, 11) is 0. The van der Waals surface area contributed by atoms with E-state index in [-0.39, 0.29) is 12.4 Å². The number of carboxylic acid groups (broad SMARTS) is 1. The van der Waals surface area contributed by atoms with E-state index >= 15 is 0 Å². The Hall–Kier alpha value is -0.280. The topological polar surface area (TPSA) is 49.3 Å². The van der Waals surface area contributed by atoms with E-state index in [2.05, 4.69) is 12.2 Å². The molecule has 0 bridgehead atoms. The minimum Gasteiger partial charge on any atom is -0.480 e. The van der Waals surface area contributed by atoms with Crippen LogP contribution in [0.1, 0.15) is 33.1 Å². The molecule has 0 saturated carbocycles. The molecule has 12 heavy (non-hydrogen) atoms. The quantitative estimate of drug-likeness (QED) is 0.634. The molecule has 0 radical (unpaired) electrons. The van der Waals surface area contributed by atoms with E-state index in [1.165, 1.54) is 12.8 Å². The standard InChI is InChI=1S/C8H17NO2.ClH/c1-3-4-5-6-9-7(2)8(10)11;/h7,9H,3-6H2,1-2H3,(H,10,11);1H. The Balaban J connectivity index is 0. The zero-order valence-electron chi connectivity index (χ0n) is 7.67. The summed E-state index contributed by atoms with van der Waals surface area (Å²) < 4.78 is 0. The lowest BCUT2D eigenvalue weighted by Gasteiger charge is -2.07. The third-order valence-corrected chi connectivity index (χ3v) is 1.60. The van der Waals surface area contributed by atoms with Crippen molar-refractivity contribution in [2.24, 2.45) is 0 Å². The van der Waals surface area contributed by atoms with Crippen molar-refractivity contribution in [1.82, 2.24) is 5.32 Å². The second-order valence-corrected chi connectivity index (χ2v) is 2.72. The van der Waals surface area contributed by atoms with Crippen LogP contribution in [-0.4, -0.2) is 23.7 Å². The molecule has 2 N–H and O–H groups in total. The van der Waals surface area contributed by atoms with Crippen LogP contribution in [0.2, 0.25) is 0 Å². The molecule has 3 nitrogen and oxygen atoms in total. The van der Waals surface area contributed by atoms with Gasteiger partial charge < -0.3 is 10.4 Å². The molecule has 0 aromatic rings. The molecule has 1 unspecified atom stereocenters. The van der Waals surface area contributed by atoms with Gasteiger partial charge in [0.1, 0.15) is 6.04 Å². The molecule has 0 spiro atoms. The highest BCUT2D eigenvalue weighted by molar-refractivity contribution is 5.85. The lowest BCUT2D eigenvalue weighted by Crippen LogP contribution is -2.34. The Kier molecular flexibility index (Phi) is 10.5. The Morgan fingerprint density at radius 2 is 2.08 bits per heavy atom. The van der Waals surface area contributed by atoms with Crippen molar-refractivity contribution in [3.63, 3.8) is 0 Å². The summed E-state index contributed by atoms with van der Waals surface area (Å²) in [5.41, 5.74) is 0. The molecule has 0 amide bonds. The van der Waals surface area contributed by atoms with Gasteiger partial charge in [0, 0.05) is 0 Å². The molecule has 0 fully saturated rings. The van der Waals surface area contributed by atoms with Crippen molar-refractivity contribution in [1.29, 1.82) is 0 Å². The van der Waals surface area contributed by atoms with E-state index in [4.69, 9.17) is 5.11 Å². The monoisotopic (exact) mass is 195 g/mol. The summed E-state index contributed by atoms with van der Waals surface area (Å²) in [5, 5.41) is 11.4. The van der Waals surface area contributed by atoms with Crippen molar-refractivity contribution in [3.05, 3.63) is 0 Å². The van der Waals surface area contributed by atoms with Crippen LogP contribution in [0.15, 0.2) is 0 Å². The molecule has 1 atom stereocenters. The summed E-state index contributed by atoms with van der Waals surface area (Å²) in [6.07, 6.45) is 3.40. The zero-order valence-corrected chi connectivity index (χ0v) is 8.49. The van der Waals surface area contributed by atoms with Crippen LogP contribution in [-0.2, 0) is 4.79 Å². The van der Waals surface area contributed by atoms with Crippen LogP contribution >= 0.6 is 12.4 Å². The first-order valence-electron chi connectivity index (χ1n) is 4.14. The summed E-state index contributed by atoms with van der Waals surface area (Å²) in [6.45, 7) is 4.59. The summed E-state index contributed by atoms with van der Waals surface area (Å²) in [5.74, 6) is -0.776. The number of aliphatic carboxylic acids is 1. The van der Waals surface area contributed by atoms with Gasteiger partial charge in [0.2, 0.25) is 0 Å². The van der Waals surface area contributed by atoms with Gasteiger partial charge >= 0.3 is 5.97 Å². The van der Waals surface area contributed by atoms with Crippen LogP contribution in [0.5, 0.6) is 0 Å². The summed E-state index contributed by atoms with van der Waals surface area (Å²) >= 11 is 0. The van der Waals surface area contributed by atoms with Crippen LogP contribution in [0, 0.1) is 0 Å². The molecule has 0 saturated heterocycles. The van der Waals surface area contributed by atoms with Gasteiger partial charge in [-0.2, -0.15) is 0 Å². The first kappa shape index (κ1) is 14.3. The van der Waals surface area contributed by atoms with E-state index in [9.17, 15) is 4.79 Å². The lowest BCUT2D eigenvalue weighted by molar-refractivity contribution is -0.138. The average molecular weight is 196 g/mol. The second-order valence-electron chi connectivity index (χ2n) is 2.72. The first-order valence-corrected chi connectivity index (χ1v) is 4.14. The lowest BCUT2D eigenvalue weighted by atomic mass is 10.2. The Morgan fingerprint density at radius 1 is 1.50 bits per heavy atom. The molecular weight excluding hydrogens is 178 g/mol. The van der Waals surface area contributed by atoms with Crippen molar-refractivity contribution in [3.8, 4) is 0 Å². The molecule has 4 heteroatoms.